The third-order valence-electron chi connectivity index (χ3n) is 3.68. The van der Waals surface area contributed by atoms with E-state index in [-0.39, 0.29) is 0 Å². The molecule has 3 unspecified atom stereocenters. The van der Waals surface area contributed by atoms with Gasteiger partial charge in [0.1, 0.15) is 0 Å². The van der Waals surface area contributed by atoms with Crippen molar-refractivity contribution in [2.45, 2.75) is 38.6 Å². The van der Waals surface area contributed by atoms with Crippen LogP contribution in [0, 0.1) is 11.8 Å². The maximum atomic E-state index is 5.67. The fraction of sp³-hybridized carbons (Fsp3) is 0.833. The van der Waals surface area contributed by atoms with Gasteiger partial charge in [-0.25, -0.2) is 0 Å². The number of hydrogen-bond donors (Lipinski definition) is 0. The molecule has 2 saturated carbocycles. The molecule has 0 saturated heterocycles. The topological polar surface area (TPSA) is 12.5 Å². The van der Waals surface area contributed by atoms with Crippen LogP contribution in [0.1, 0.15) is 32.6 Å². The first-order valence-electron chi connectivity index (χ1n) is 5.67. The van der Waals surface area contributed by atoms with E-state index < -0.39 is 0 Å². The molecule has 2 heteroatoms. The fourth-order valence-corrected chi connectivity index (χ4v) is 2.96. The molecule has 0 aromatic heterocycles. The molecule has 2 aliphatic rings. The van der Waals surface area contributed by atoms with Crippen molar-refractivity contribution in [3.05, 3.63) is 12.2 Å². The van der Waals surface area contributed by atoms with Gasteiger partial charge in [-0.3, -0.25) is 4.84 Å². The second kappa shape index (κ2) is 4.03. The Kier molecular flexibility index (Phi) is 2.93. The van der Waals surface area contributed by atoms with E-state index in [0.29, 0.717) is 12.6 Å². The normalized spacial score (nSPS) is 35.5. The summed E-state index contributed by atoms with van der Waals surface area (Å²) < 4.78 is 0. The summed E-state index contributed by atoms with van der Waals surface area (Å²) in [4.78, 5) is 5.67. The van der Waals surface area contributed by atoms with E-state index >= 15 is 0 Å². The molecule has 80 valence electrons. The standard InChI is InChI=1S/C12H21NO/c1-9(2)8-14-13(3)12-7-10-4-5-11(12)6-10/h10-12H,1,4-8H2,2-3H3. The number of hydrogen-bond acceptors (Lipinski definition) is 2. The van der Waals surface area contributed by atoms with Crippen LogP contribution in [-0.4, -0.2) is 24.8 Å². The zero-order valence-electron chi connectivity index (χ0n) is 9.33. The summed E-state index contributed by atoms with van der Waals surface area (Å²) in [6.07, 6.45) is 5.65. The molecule has 0 amide bonds. The van der Waals surface area contributed by atoms with Crippen LogP contribution in [0.2, 0.25) is 0 Å². The lowest BCUT2D eigenvalue weighted by molar-refractivity contribution is -0.169. The van der Waals surface area contributed by atoms with Crippen molar-refractivity contribution in [3.63, 3.8) is 0 Å². The Morgan fingerprint density at radius 1 is 1.43 bits per heavy atom. The highest BCUT2D eigenvalue weighted by molar-refractivity contribution is 4.93. The van der Waals surface area contributed by atoms with Gasteiger partial charge in [-0.1, -0.05) is 18.6 Å². The Labute approximate surface area is 86.9 Å². The molecule has 2 rings (SSSR count). The third-order valence-corrected chi connectivity index (χ3v) is 3.68. The van der Waals surface area contributed by atoms with E-state index in [2.05, 4.69) is 18.7 Å². The monoisotopic (exact) mass is 195 g/mol. The fourth-order valence-electron chi connectivity index (χ4n) is 2.96. The molecule has 0 aromatic rings. The number of hydroxylamine groups is 2. The van der Waals surface area contributed by atoms with Gasteiger partial charge in [0.05, 0.1) is 6.61 Å². The van der Waals surface area contributed by atoms with Crippen LogP contribution < -0.4 is 0 Å². The molecule has 2 bridgehead atoms. The minimum Gasteiger partial charge on any atom is -0.295 e. The molecule has 14 heavy (non-hydrogen) atoms. The van der Waals surface area contributed by atoms with E-state index in [1.165, 1.54) is 25.7 Å². The van der Waals surface area contributed by atoms with Crippen LogP contribution in [0.3, 0.4) is 0 Å². The van der Waals surface area contributed by atoms with Crippen molar-refractivity contribution in [2.75, 3.05) is 13.7 Å². The van der Waals surface area contributed by atoms with Crippen molar-refractivity contribution < 1.29 is 4.84 Å². The number of rotatable bonds is 4. The van der Waals surface area contributed by atoms with Crippen LogP contribution in [0.4, 0.5) is 0 Å². The van der Waals surface area contributed by atoms with Gasteiger partial charge in [0.25, 0.3) is 0 Å². The molecule has 2 nitrogen and oxygen atoms in total. The molecule has 0 aliphatic heterocycles. The molecule has 0 N–H and O–H groups in total. The first kappa shape index (κ1) is 10.2. The third kappa shape index (κ3) is 2.01. The summed E-state index contributed by atoms with van der Waals surface area (Å²) in [5, 5.41) is 2.08. The van der Waals surface area contributed by atoms with Gasteiger partial charge in [-0.15, -0.1) is 0 Å². The van der Waals surface area contributed by atoms with Crippen molar-refractivity contribution >= 4 is 0 Å². The van der Waals surface area contributed by atoms with Gasteiger partial charge in [0.15, 0.2) is 0 Å². The predicted octanol–water partition coefficient (Wildman–Crippen LogP) is 2.61. The average molecular weight is 195 g/mol. The first-order chi connectivity index (χ1) is 6.66. The lowest BCUT2D eigenvalue weighted by Crippen LogP contribution is -2.36. The van der Waals surface area contributed by atoms with E-state index in [0.717, 1.165) is 17.4 Å². The highest BCUT2D eigenvalue weighted by Gasteiger charge is 2.41. The molecule has 0 heterocycles. The summed E-state index contributed by atoms with van der Waals surface area (Å²) in [7, 11) is 2.08. The first-order valence-corrected chi connectivity index (χ1v) is 5.67. The maximum Gasteiger partial charge on any atom is 0.0890 e. The molecular weight excluding hydrogens is 174 g/mol. The van der Waals surface area contributed by atoms with Gasteiger partial charge < -0.3 is 0 Å². The molecule has 3 atom stereocenters. The Morgan fingerprint density at radius 2 is 2.21 bits per heavy atom. The van der Waals surface area contributed by atoms with Gasteiger partial charge in [0, 0.05) is 13.1 Å². The largest absolute Gasteiger partial charge is 0.295 e. The molecular formula is C12H21NO. The Hall–Kier alpha value is -0.340. The highest BCUT2D eigenvalue weighted by atomic mass is 16.7. The summed E-state index contributed by atoms with van der Waals surface area (Å²) in [5.41, 5.74) is 1.10. The summed E-state index contributed by atoms with van der Waals surface area (Å²) in [6.45, 7) is 6.53. The molecule has 0 spiro atoms. The lowest BCUT2D eigenvalue weighted by atomic mass is 9.95. The second-order valence-corrected chi connectivity index (χ2v) is 5.02. The van der Waals surface area contributed by atoms with Crippen molar-refractivity contribution in [1.82, 2.24) is 5.06 Å². The highest BCUT2D eigenvalue weighted by Crippen LogP contribution is 2.46. The number of fused-ring (bicyclic) bond motifs is 2. The van der Waals surface area contributed by atoms with Gasteiger partial charge in [-0.2, -0.15) is 5.06 Å². The Morgan fingerprint density at radius 3 is 2.71 bits per heavy atom. The van der Waals surface area contributed by atoms with Crippen LogP contribution in [-0.2, 0) is 4.84 Å². The molecule has 2 fully saturated rings. The molecule has 2 aliphatic carbocycles. The van der Waals surface area contributed by atoms with E-state index in [4.69, 9.17) is 4.84 Å². The minimum absolute atomic E-state index is 0.671. The SMILES string of the molecule is C=C(C)CON(C)C1CC2CCC1C2. The smallest absolute Gasteiger partial charge is 0.0890 e. The quantitative estimate of drug-likeness (QED) is 0.505. The molecule has 0 radical (unpaired) electrons. The summed E-state index contributed by atoms with van der Waals surface area (Å²) in [5.74, 6) is 1.89. The number of nitrogens with zero attached hydrogens (tertiary/aromatic N) is 1. The summed E-state index contributed by atoms with van der Waals surface area (Å²) >= 11 is 0. The van der Waals surface area contributed by atoms with Crippen molar-refractivity contribution in [3.8, 4) is 0 Å². The predicted molar refractivity (Wildman–Crippen MR) is 57.8 cm³/mol. The Balaban J connectivity index is 1.80. The zero-order valence-corrected chi connectivity index (χ0v) is 9.33. The van der Waals surface area contributed by atoms with Crippen LogP contribution in [0.15, 0.2) is 12.2 Å². The van der Waals surface area contributed by atoms with Crippen LogP contribution in [0.5, 0.6) is 0 Å². The lowest BCUT2D eigenvalue weighted by Gasteiger charge is -2.30. The van der Waals surface area contributed by atoms with Crippen molar-refractivity contribution in [1.29, 1.82) is 0 Å². The Bertz CT molecular complexity index is 226. The van der Waals surface area contributed by atoms with E-state index in [9.17, 15) is 0 Å². The minimum atomic E-state index is 0.671. The van der Waals surface area contributed by atoms with Gasteiger partial charge >= 0.3 is 0 Å². The van der Waals surface area contributed by atoms with E-state index in [1.54, 1.807) is 0 Å². The van der Waals surface area contributed by atoms with Crippen molar-refractivity contribution in [2.24, 2.45) is 11.8 Å². The summed E-state index contributed by atoms with van der Waals surface area (Å²) in [6, 6.07) is 0.674. The second-order valence-electron chi connectivity index (χ2n) is 5.02. The zero-order chi connectivity index (χ0) is 10.1. The van der Waals surface area contributed by atoms with Gasteiger partial charge in [0.2, 0.25) is 0 Å². The van der Waals surface area contributed by atoms with Gasteiger partial charge in [-0.05, 0) is 38.0 Å². The van der Waals surface area contributed by atoms with E-state index in [1.807, 2.05) is 6.92 Å². The maximum absolute atomic E-state index is 5.67. The van der Waals surface area contributed by atoms with Crippen LogP contribution >= 0.6 is 0 Å². The average Bonchev–Trinajstić information content (AvgIpc) is 2.74. The van der Waals surface area contributed by atoms with Crippen LogP contribution in [0.25, 0.3) is 0 Å². The molecule has 0 aromatic carbocycles.